The summed E-state index contributed by atoms with van der Waals surface area (Å²) in [5.41, 5.74) is -0.324. The van der Waals surface area contributed by atoms with Crippen LogP contribution in [0.1, 0.15) is 43.1 Å². The van der Waals surface area contributed by atoms with Gasteiger partial charge in [-0.15, -0.1) is 0 Å². The van der Waals surface area contributed by atoms with Crippen molar-refractivity contribution in [2.45, 2.75) is 50.9 Å². The van der Waals surface area contributed by atoms with Gasteiger partial charge in [0, 0.05) is 18.3 Å². The molecule has 0 aliphatic heterocycles. The number of aryl methyl sites for hydroxylation is 1. The Morgan fingerprint density at radius 2 is 1.88 bits per heavy atom. The fraction of sp³-hybridized carbons (Fsp3) is 0.500. The van der Waals surface area contributed by atoms with Crippen LogP contribution in [0.5, 0.6) is 0 Å². The Kier molecular flexibility index (Phi) is 4.73. The lowest BCUT2D eigenvalue weighted by atomic mass is 9.91. The van der Waals surface area contributed by atoms with Crippen LogP contribution >= 0.6 is 0 Å². The van der Waals surface area contributed by atoms with Crippen LogP contribution < -0.4 is 10.9 Å². The first kappa shape index (κ1) is 17.4. The van der Waals surface area contributed by atoms with Gasteiger partial charge < -0.3 is 5.32 Å². The molecule has 0 radical (unpaired) electrons. The zero-order valence-electron chi connectivity index (χ0n) is 13.6. The maximum absolute atomic E-state index is 12.7. The number of rotatable bonds is 3. The standard InChI is InChI=1S/C16H18F3N5O/c1-10-2-7-14(25)24(23-10)12-5-3-11(4-6-12)21-15-20-9-8-13(22-15)16(17,18)19/h2,7-9,11-12H,3-6H2,1H3,(H,20,21,22). The van der Waals surface area contributed by atoms with E-state index in [1.54, 1.807) is 6.07 Å². The molecule has 0 saturated heterocycles. The van der Waals surface area contributed by atoms with Gasteiger partial charge >= 0.3 is 6.18 Å². The second kappa shape index (κ2) is 6.81. The molecule has 0 bridgehead atoms. The predicted molar refractivity (Wildman–Crippen MR) is 85.2 cm³/mol. The smallest absolute Gasteiger partial charge is 0.351 e. The summed E-state index contributed by atoms with van der Waals surface area (Å²) in [7, 11) is 0. The lowest BCUT2D eigenvalue weighted by Gasteiger charge is -2.29. The number of anilines is 1. The fourth-order valence-corrected chi connectivity index (χ4v) is 3.02. The average molecular weight is 353 g/mol. The molecule has 1 saturated carbocycles. The maximum Gasteiger partial charge on any atom is 0.433 e. The molecule has 6 nitrogen and oxygen atoms in total. The minimum Gasteiger partial charge on any atom is -0.351 e. The molecule has 0 aromatic carbocycles. The molecule has 134 valence electrons. The topological polar surface area (TPSA) is 72.7 Å². The van der Waals surface area contributed by atoms with Crippen molar-refractivity contribution in [2.75, 3.05) is 5.32 Å². The first-order chi connectivity index (χ1) is 11.8. The van der Waals surface area contributed by atoms with Crippen molar-refractivity contribution in [1.82, 2.24) is 19.7 Å². The number of hydrogen-bond acceptors (Lipinski definition) is 5. The van der Waals surface area contributed by atoms with Crippen molar-refractivity contribution >= 4 is 5.95 Å². The van der Waals surface area contributed by atoms with E-state index in [4.69, 9.17) is 0 Å². The molecule has 0 atom stereocenters. The molecule has 3 rings (SSSR count). The minimum atomic E-state index is -4.49. The van der Waals surface area contributed by atoms with Crippen molar-refractivity contribution < 1.29 is 13.2 Å². The first-order valence-corrected chi connectivity index (χ1v) is 8.06. The lowest BCUT2D eigenvalue weighted by molar-refractivity contribution is -0.141. The summed E-state index contributed by atoms with van der Waals surface area (Å²) in [4.78, 5) is 19.3. The van der Waals surface area contributed by atoms with Crippen molar-refractivity contribution in [3.63, 3.8) is 0 Å². The molecule has 0 spiro atoms. The Bertz CT molecular complexity index is 797. The van der Waals surface area contributed by atoms with Crippen LogP contribution in [0.15, 0.2) is 29.2 Å². The third-order valence-electron chi connectivity index (χ3n) is 4.28. The Hall–Kier alpha value is -2.45. The quantitative estimate of drug-likeness (QED) is 0.918. The van der Waals surface area contributed by atoms with E-state index in [1.807, 2.05) is 6.92 Å². The molecule has 0 unspecified atom stereocenters. The van der Waals surface area contributed by atoms with Gasteiger partial charge in [0.1, 0.15) is 5.69 Å². The van der Waals surface area contributed by atoms with Gasteiger partial charge in [-0.25, -0.2) is 14.6 Å². The fourth-order valence-electron chi connectivity index (χ4n) is 3.02. The number of aromatic nitrogens is 4. The SMILES string of the molecule is Cc1ccc(=O)n(C2CCC(Nc3nccc(C(F)(F)F)n3)CC2)n1. The first-order valence-electron chi connectivity index (χ1n) is 8.06. The second-order valence-corrected chi connectivity index (χ2v) is 6.17. The van der Waals surface area contributed by atoms with Crippen molar-refractivity contribution in [3.8, 4) is 0 Å². The zero-order chi connectivity index (χ0) is 18.0. The van der Waals surface area contributed by atoms with Gasteiger partial charge in [0.25, 0.3) is 5.56 Å². The van der Waals surface area contributed by atoms with Crippen LogP contribution in [0.2, 0.25) is 0 Å². The van der Waals surface area contributed by atoms with Crippen LogP contribution in [-0.4, -0.2) is 25.8 Å². The van der Waals surface area contributed by atoms with Gasteiger partial charge in [0.05, 0.1) is 11.7 Å². The summed E-state index contributed by atoms with van der Waals surface area (Å²) in [6.07, 6.45) is -0.562. The van der Waals surface area contributed by atoms with Crippen LogP contribution in [0.25, 0.3) is 0 Å². The highest BCUT2D eigenvalue weighted by molar-refractivity contribution is 5.27. The van der Waals surface area contributed by atoms with Crippen LogP contribution in [0.4, 0.5) is 19.1 Å². The van der Waals surface area contributed by atoms with E-state index >= 15 is 0 Å². The van der Waals surface area contributed by atoms with E-state index in [0.717, 1.165) is 18.0 Å². The van der Waals surface area contributed by atoms with Gasteiger partial charge in [-0.05, 0) is 44.7 Å². The largest absolute Gasteiger partial charge is 0.433 e. The second-order valence-electron chi connectivity index (χ2n) is 6.17. The van der Waals surface area contributed by atoms with Crippen LogP contribution in [0, 0.1) is 6.92 Å². The molecule has 25 heavy (non-hydrogen) atoms. The molecule has 9 heteroatoms. The lowest BCUT2D eigenvalue weighted by Crippen LogP contribution is -2.33. The van der Waals surface area contributed by atoms with Crippen molar-refractivity contribution in [2.24, 2.45) is 0 Å². The summed E-state index contributed by atoms with van der Waals surface area (Å²) in [6.45, 7) is 1.83. The molecule has 1 aliphatic rings. The van der Waals surface area contributed by atoms with E-state index in [9.17, 15) is 18.0 Å². The molecule has 1 fully saturated rings. The van der Waals surface area contributed by atoms with Crippen LogP contribution in [0.3, 0.4) is 0 Å². The van der Waals surface area contributed by atoms with Gasteiger partial charge in [0.2, 0.25) is 5.95 Å². The summed E-state index contributed by atoms with van der Waals surface area (Å²) in [5, 5.41) is 7.24. The Morgan fingerprint density at radius 3 is 2.56 bits per heavy atom. The molecular weight excluding hydrogens is 335 g/mol. The van der Waals surface area contributed by atoms with E-state index in [-0.39, 0.29) is 23.6 Å². The molecule has 2 aromatic rings. The minimum absolute atomic E-state index is 0.00729. The van der Waals surface area contributed by atoms with Gasteiger partial charge in [-0.1, -0.05) is 0 Å². The van der Waals surface area contributed by atoms with E-state index in [2.05, 4.69) is 20.4 Å². The summed E-state index contributed by atoms with van der Waals surface area (Å²) >= 11 is 0. The Labute approximate surface area is 142 Å². The highest BCUT2D eigenvalue weighted by atomic mass is 19.4. The third kappa shape index (κ3) is 4.15. The summed E-state index contributed by atoms with van der Waals surface area (Å²) in [6, 6.07) is 4.01. The highest BCUT2D eigenvalue weighted by Crippen LogP contribution is 2.30. The Morgan fingerprint density at radius 1 is 1.16 bits per heavy atom. The summed E-state index contributed by atoms with van der Waals surface area (Å²) in [5.74, 6) is -0.0240. The number of nitrogens with one attached hydrogen (secondary N) is 1. The average Bonchev–Trinajstić information content (AvgIpc) is 2.57. The predicted octanol–water partition coefficient (Wildman–Crippen LogP) is 2.96. The summed E-state index contributed by atoms with van der Waals surface area (Å²) < 4.78 is 39.6. The van der Waals surface area contributed by atoms with E-state index < -0.39 is 11.9 Å². The van der Waals surface area contributed by atoms with Gasteiger partial charge in [-0.2, -0.15) is 18.3 Å². The van der Waals surface area contributed by atoms with E-state index in [0.29, 0.717) is 25.7 Å². The highest BCUT2D eigenvalue weighted by Gasteiger charge is 2.33. The third-order valence-corrected chi connectivity index (χ3v) is 4.28. The van der Waals surface area contributed by atoms with Gasteiger partial charge in [-0.3, -0.25) is 4.79 Å². The number of halogens is 3. The number of nitrogens with zero attached hydrogens (tertiary/aromatic N) is 4. The number of alkyl halides is 3. The molecule has 1 N–H and O–H groups in total. The zero-order valence-corrected chi connectivity index (χ0v) is 13.6. The Balaban J connectivity index is 1.63. The monoisotopic (exact) mass is 353 g/mol. The molecular formula is C16H18F3N5O. The molecule has 1 aliphatic carbocycles. The van der Waals surface area contributed by atoms with Crippen molar-refractivity contribution in [3.05, 3.63) is 46.1 Å². The number of hydrogen-bond donors (Lipinski definition) is 1. The van der Waals surface area contributed by atoms with Gasteiger partial charge in [0.15, 0.2) is 0 Å². The van der Waals surface area contributed by atoms with Crippen LogP contribution in [-0.2, 0) is 6.18 Å². The normalized spacial score (nSPS) is 21.1. The molecule has 2 heterocycles. The molecule has 0 amide bonds. The molecule has 2 aromatic heterocycles. The maximum atomic E-state index is 12.7. The van der Waals surface area contributed by atoms with Crippen molar-refractivity contribution in [1.29, 1.82) is 0 Å². The van der Waals surface area contributed by atoms with E-state index in [1.165, 1.54) is 10.7 Å².